The third-order valence-electron chi connectivity index (χ3n) is 10.1. The summed E-state index contributed by atoms with van der Waals surface area (Å²) in [4.78, 5) is 37.5. The summed E-state index contributed by atoms with van der Waals surface area (Å²) >= 11 is 12.4. The Balaban J connectivity index is 1.47. The molecule has 0 spiro atoms. The second-order valence-corrected chi connectivity index (χ2v) is 14.7. The number of hydrogen-bond donors (Lipinski definition) is 4. The zero-order valence-corrected chi connectivity index (χ0v) is 28.5. The van der Waals surface area contributed by atoms with Crippen LogP contribution >= 0.6 is 23.2 Å². The first kappa shape index (κ1) is 33.5. The summed E-state index contributed by atoms with van der Waals surface area (Å²) in [7, 11) is 0. The maximum absolute atomic E-state index is 13.6. The fourth-order valence-electron chi connectivity index (χ4n) is 7.04. The lowest BCUT2D eigenvalue weighted by Gasteiger charge is -2.45. The maximum Gasteiger partial charge on any atom is 0.329 e. The minimum Gasteiger partial charge on any atom is -0.394 e. The number of rotatable bonds is 6. The molecule has 244 valence electrons. The van der Waals surface area contributed by atoms with Gasteiger partial charge in [-0.2, -0.15) is 0 Å². The molecule has 45 heavy (non-hydrogen) atoms. The van der Waals surface area contributed by atoms with Crippen molar-refractivity contribution in [3.05, 3.63) is 72.8 Å². The van der Waals surface area contributed by atoms with Gasteiger partial charge in [-0.1, -0.05) is 57.0 Å². The van der Waals surface area contributed by atoms with E-state index in [1.54, 1.807) is 30.3 Å². The van der Waals surface area contributed by atoms with Gasteiger partial charge < -0.3 is 25.6 Å². The highest BCUT2D eigenvalue weighted by Crippen LogP contribution is 2.44. The molecule has 0 bridgehead atoms. The number of aliphatic hydroxyl groups excluding tert-OH is 1. The topological polar surface area (TPSA) is 115 Å². The van der Waals surface area contributed by atoms with Crippen LogP contribution in [-0.2, 0) is 6.42 Å². The molecule has 1 aliphatic heterocycles. The molecule has 11 heteroatoms. The highest BCUT2D eigenvalue weighted by molar-refractivity contribution is 6.35. The molecule has 1 aliphatic carbocycles. The van der Waals surface area contributed by atoms with E-state index in [1.165, 1.54) is 0 Å². The van der Waals surface area contributed by atoms with E-state index in [9.17, 15) is 14.7 Å². The number of halogens is 2. The predicted octanol–water partition coefficient (Wildman–Crippen LogP) is 5.68. The quantitative estimate of drug-likeness (QED) is 0.200. The summed E-state index contributed by atoms with van der Waals surface area (Å²) in [6.07, 6.45) is 2.34. The van der Waals surface area contributed by atoms with Gasteiger partial charge in [0.05, 0.1) is 29.6 Å². The average molecular weight is 658 g/mol. The smallest absolute Gasteiger partial charge is 0.329 e. The molecule has 9 nitrogen and oxygen atoms in total. The number of fused-ring (bicyclic) bond motifs is 1. The average Bonchev–Trinajstić information content (AvgIpc) is 2.97. The van der Waals surface area contributed by atoms with Crippen molar-refractivity contribution in [1.29, 1.82) is 0 Å². The van der Waals surface area contributed by atoms with Gasteiger partial charge in [0.1, 0.15) is 0 Å². The number of aromatic amines is 1. The molecule has 0 unspecified atom stereocenters. The number of hydrogen-bond acceptors (Lipinski definition) is 5. The number of guanidine groups is 1. The van der Waals surface area contributed by atoms with Crippen molar-refractivity contribution in [3.8, 4) is 0 Å². The number of H-pyrrole nitrogens is 1. The molecular formula is C34H46Cl2N6O3. The molecule has 2 aromatic carbocycles. The van der Waals surface area contributed by atoms with Crippen LogP contribution in [0, 0.1) is 17.3 Å². The van der Waals surface area contributed by atoms with E-state index in [2.05, 4.69) is 62.1 Å². The van der Waals surface area contributed by atoms with Crippen LogP contribution in [0.1, 0.15) is 66.0 Å². The lowest BCUT2D eigenvalue weighted by molar-refractivity contribution is 0.0827. The molecule has 0 radical (unpaired) electrons. The Labute approximate surface area is 275 Å². The van der Waals surface area contributed by atoms with Crippen molar-refractivity contribution >= 4 is 45.8 Å². The predicted molar refractivity (Wildman–Crippen MR) is 185 cm³/mol. The van der Waals surface area contributed by atoms with Crippen molar-refractivity contribution in [3.63, 3.8) is 0 Å². The third-order valence-corrected chi connectivity index (χ3v) is 10.7. The van der Waals surface area contributed by atoms with Crippen LogP contribution in [-0.4, -0.2) is 63.3 Å². The van der Waals surface area contributed by atoms with Crippen LogP contribution < -0.4 is 21.9 Å². The summed E-state index contributed by atoms with van der Waals surface area (Å²) in [5.74, 6) is 1.78. The molecule has 4 N–H and O–H groups in total. The van der Waals surface area contributed by atoms with Crippen molar-refractivity contribution < 1.29 is 5.11 Å². The molecule has 2 aliphatic rings. The van der Waals surface area contributed by atoms with E-state index in [1.807, 2.05) is 6.07 Å². The standard InChI is InChI=1S/C34H46Cl2N6O3/c1-19-16-41(17-20(2)37-19)32(39-29-11-12-34(5,6)22(4)21(29)3)38-25-9-10-27-30(15-25)40-33(45)42(31(27)44)26(18-43)13-23-7-8-24(35)14-28(23)36/h7-10,14-15,19-22,26,29,37,43H,11-13,16-18H2,1-6H3,(H,38,39)(H,40,45)/t19-,20+,21-,22-,26-,29-/m0/s1. The molecule has 5 rings (SSSR count). The number of aliphatic imine (C=N–C) groups is 1. The molecule has 2 fully saturated rings. The van der Waals surface area contributed by atoms with Gasteiger partial charge in [0.25, 0.3) is 5.56 Å². The fourth-order valence-corrected chi connectivity index (χ4v) is 7.52. The highest BCUT2D eigenvalue weighted by atomic mass is 35.5. The summed E-state index contributed by atoms with van der Waals surface area (Å²) in [5, 5.41) is 18.6. The van der Waals surface area contributed by atoms with Crippen LogP contribution in [0.25, 0.3) is 10.9 Å². The summed E-state index contributed by atoms with van der Waals surface area (Å²) in [5.41, 5.74) is 1.03. The van der Waals surface area contributed by atoms with Gasteiger partial charge >= 0.3 is 5.69 Å². The molecule has 1 saturated carbocycles. The fraction of sp³-hybridized carbons (Fsp3) is 0.559. The van der Waals surface area contributed by atoms with E-state index in [0.29, 0.717) is 50.4 Å². The Morgan fingerprint density at radius 1 is 1.09 bits per heavy atom. The number of benzene rings is 2. The number of aliphatic hydroxyl groups is 1. The van der Waals surface area contributed by atoms with Gasteiger partial charge in [-0.05, 0) is 86.3 Å². The number of piperazine rings is 1. The van der Waals surface area contributed by atoms with Crippen molar-refractivity contribution in [1.82, 2.24) is 19.8 Å². The van der Waals surface area contributed by atoms with Crippen LogP contribution in [0.2, 0.25) is 10.0 Å². The molecule has 3 aromatic rings. The third kappa shape index (κ3) is 7.27. The van der Waals surface area contributed by atoms with Crippen molar-refractivity contribution in [2.24, 2.45) is 22.2 Å². The largest absolute Gasteiger partial charge is 0.394 e. The zero-order valence-electron chi connectivity index (χ0n) is 27.0. The Hall–Kier alpha value is -2.85. The van der Waals surface area contributed by atoms with Crippen molar-refractivity contribution in [2.75, 3.05) is 25.0 Å². The Morgan fingerprint density at radius 2 is 1.80 bits per heavy atom. The molecule has 0 amide bonds. The summed E-state index contributed by atoms with van der Waals surface area (Å²) in [6.45, 7) is 14.9. The van der Waals surface area contributed by atoms with E-state index in [0.717, 1.165) is 42.1 Å². The minimum atomic E-state index is -0.803. The van der Waals surface area contributed by atoms with Crippen LogP contribution in [0.4, 0.5) is 5.69 Å². The van der Waals surface area contributed by atoms with Gasteiger partial charge in [-0.15, -0.1) is 0 Å². The van der Waals surface area contributed by atoms with E-state index in [-0.39, 0.29) is 17.9 Å². The molecular weight excluding hydrogens is 611 g/mol. The van der Waals surface area contributed by atoms with Gasteiger partial charge in [0, 0.05) is 40.9 Å². The second kappa shape index (κ2) is 13.5. The Bertz CT molecular complexity index is 1670. The second-order valence-electron chi connectivity index (χ2n) is 13.8. The number of aromatic nitrogens is 2. The molecule has 2 heterocycles. The van der Waals surface area contributed by atoms with E-state index < -0.39 is 23.9 Å². The highest BCUT2D eigenvalue weighted by Gasteiger charge is 2.39. The van der Waals surface area contributed by atoms with Gasteiger partial charge in [-0.25, -0.2) is 9.79 Å². The van der Waals surface area contributed by atoms with E-state index in [4.69, 9.17) is 28.2 Å². The Kier molecular flexibility index (Phi) is 10.0. The summed E-state index contributed by atoms with van der Waals surface area (Å²) in [6, 6.07) is 10.4. The lowest BCUT2D eigenvalue weighted by atomic mass is 9.63. The Morgan fingerprint density at radius 3 is 2.47 bits per heavy atom. The SMILES string of the molecule is C[C@@H]1[C@@H](N=C(Nc2ccc3c(=O)n([C@H](CO)Cc4ccc(Cl)cc4Cl)c(=O)[nH]c3c2)N2C[C@@H](C)N[C@@H](C)C2)CCC(C)(C)[C@H]1C. The first-order valence-electron chi connectivity index (χ1n) is 16.0. The number of nitrogens with zero attached hydrogens (tertiary/aromatic N) is 3. The first-order chi connectivity index (χ1) is 21.3. The normalized spacial score (nSPS) is 26.2. The maximum atomic E-state index is 13.6. The van der Waals surface area contributed by atoms with Crippen LogP contribution in [0.15, 0.2) is 51.0 Å². The molecule has 1 saturated heterocycles. The zero-order chi connectivity index (χ0) is 32.6. The van der Waals surface area contributed by atoms with Crippen molar-refractivity contribution in [2.45, 2.75) is 85.0 Å². The monoisotopic (exact) mass is 656 g/mol. The minimum absolute atomic E-state index is 0.188. The lowest BCUT2D eigenvalue weighted by Crippen LogP contribution is -2.57. The van der Waals surface area contributed by atoms with E-state index >= 15 is 0 Å². The van der Waals surface area contributed by atoms with Crippen LogP contribution in [0.3, 0.4) is 0 Å². The van der Waals surface area contributed by atoms with Crippen LogP contribution in [0.5, 0.6) is 0 Å². The van der Waals surface area contributed by atoms with Gasteiger partial charge in [-0.3, -0.25) is 9.36 Å². The number of nitrogens with one attached hydrogen (secondary N) is 3. The van der Waals surface area contributed by atoms with Gasteiger partial charge in [0.2, 0.25) is 0 Å². The van der Waals surface area contributed by atoms with Gasteiger partial charge in [0.15, 0.2) is 5.96 Å². The summed E-state index contributed by atoms with van der Waals surface area (Å²) < 4.78 is 1.07. The number of anilines is 1. The molecule has 6 atom stereocenters. The first-order valence-corrected chi connectivity index (χ1v) is 16.7. The molecule has 1 aromatic heterocycles.